The van der Waals surface area contributed by atoms with Crippen LogP contribution in [0.3, 0.4) is 0 Å². The number of nitriles is 1. The number of carbonyl (C=O) groups excluding carboxylic acids is 3. The molecule has 3 aromatic rings. The third-order valence-electron chi connectivity index (χ3n) is 5.25. The van der Waals surface area contributed by atoms with Crippen LogP contribution in [-0.2, 0) is 20.8 Å². The van der Waals surface area contributed by atoms with E-state index < -0.39 is 6.04 Å². The lowest BCUT2D eigenvalue weighted by Crippen LogP contribution is -2.58. The Hall–Kier alpha value is -3.74. The fourth-order valence-corrected chi connectivity index (χ4v) is 3.90. The van der Waals surface area contributed by atoms with Crippen LogP contribution in [0.4, 0.5) is 5.69 Å². The van der Waals surface area contributed by atoms with Crippen molar-refractivity contribution in [3.05, 3.63) is 70.0 Å². The minimum absolute atomic E-state index is 0.166. The second-order valence-electron chi connectivity index (χ2n) is 7.34. The van der Waals surface area contributed by atoms with Crippen molar-refractivity contribution in [3.63, 3.8) is 0 Å². The zero-order valence-corrected chi connectivity index (χ0v) is 18.6. The van der Waals surface area contributed by atoms with Gasteiger partial charge >= 0.3 is 0 Å². The first-order chi connectivity index (χ1) is 15.9. The van der Waals surface area contributed by atoms with E-state index in [1.807, 2.05) is 6.07 Å². The SMILES string of the molecule is N#Cc1ccc(CC(C=O)N2CC(=O)N(c3cc(Cl)ccc3-n3cc(Cl)nn3)CC2=O)cc1. The zero-order valence-electron chi connectivity index (χ0n) is 17.1. The molecule has 1 saturated heterocycles. The molecule has 1 atom stereocenters. The number of aldehydes is 1. The van der Waals surface area contributed by atoms with E-state index in [0.717, 1.165) is 5.56 Å². The average molecular weight is 483 g/mol. The van der Waals surface area contributed by atoms with Gasteiger partial charge in [0.15, 0.2) is 5.15 Å². The van der Waals surface area contributed by atoms with Crippen molar-refractivity contribution in [2.24, 2.45) is 0 Å². The molecular formula is C22H16Cl2N6O3. The molecule has 0 aliphatic carbocycles. The van der Waals surface area contributed by atoms with E-state index in [2.05, 4.69) is 10.3 Å². The largest absolute Gasteiger partial charge is 0.322 e. The monoisotopic (exact) mass is 482 g/mol. The number of carbonyl (C=O) groups is 3. The Morgan fingerprint density at radius 1 is 1.06 bits per heavy atom. The molecule has 2 amide bonds. The van der Waals surface area contributed by atoms with Crippen LogP contribution in [0.1, 0.15) is 11.1 Å². The standard InChI is InChI=1S/C22H16Cl2N6O3/c23-16-5-6-18(30-10-20(24)26-27-30)19(8-16)29-12-21(32)28(11-22(29)33)17(13-31)7-14-1-3-15(9-25)4-2-14/h1-6,8,10,13,17H,7,11-12H2. The first-order valence-corrected chi connectivity index (χ1v) is 10.6. The number of aromatic nitrogens is 3. The summed E-state index contributed by atoms with van der Waals surface area (Å²) < 4.78 is 1.39. The van der Waals surface area contributed by atoms with E-state index in [1.54, 1.807) is 42.5 Å². The normalized spacial score (nSPS) is 14.8. The summed E-state index contributed by atoms with van der Waals surface area (Å²) in [6, 6.07) is 12.8. The molecule has 1 aliphatic rings. The number of halogens is 2. The zero-order chi connectivity index (χ0) is 23.5. The van der Waals surface area contributed by atoms with Crippen LogP contribution in [0.5, 0.6) is 0 Å². The summed E-state index contributed by atoms with van der Waals surface area (Å²) >= 11 is 12.0. The van der Waals surface area contributed by atoms with Crippen LogP contribution in [0.25, 0.3) is 5.69 Å². The number of hydrogen-bond acceptors (Lipinski definition) is 6. The Morgan fingerprint density at radius 3 is 2.45 bits per heavy atom. The summed E-state index contributed by atoms with van der Waals surface area (Å²) in [7, 11) is 0. The summed E-state index contributed by atoms with van der Waals surface area (Å²) in [6.07, 6.45) is 2.35. The lowest BCUT2D eigenvalue weighted by atomic mass is 10.0. The van der Waals surface area contributed by atoms with Gasteiger partial charge in [-0.2, -0.15) is 5.26 Å². The molecule has 1 aliphatic heterocycles. The smallest absolute Gasteiger partial charge is 0.247 e. The number of nitrogens with zero attached hydrogens (tertiary/aromatic N) is 6. The molecule has 2 heterocycles. The van der Waals surface area contributed by atoms with Crippen LogP contribution in [0.2, 0.25) is 10.2 Å². The quantitative estimate of drug-likeness (QED) is 0.498. The minimum Gasteiger partial charge on any atom is -0.322 e. The second kappa shape index (κ2) is 9.40. The predicted octanol–water partition coefficient (Wildman–Crippen LogP) is 2.43. The van der Waals surface area contributed by atoms with Gasteiger partial charge < -0.3 is 9.69 Å². The number of amides is 2. The van der Waals surface area contributed by atoms with Gasteiger partial charge in [-0.25, -0.2) is 4.68 Å². The highest BCUT2D eigenvalue weighted by Gasteiger charge is 2.36. The Morgan fingerprint density at radius 2 is 1.82 bits per heavy atom. The molecule has 166 valence electrons. The highest BCUT2D eigenvalue weighted by atomic mass is 35.5. The van der Waals surface area contributed by atoms with Gasteiger partial charge in [0.25, 0.3) is 0 Å². The fraction of sp³-hybridized carbons (Fsp3) is 0.182. The first kappa shape index (κ1) is 22.5. The Bertz CT molecular complexity index is 1270. The van der Waals surface area contributed by atoms with E-state index in [1.165, 1.54) is 20.7 Å². The van der Waals surface area contributed by atoms with Crippen molar-refractivity contribution in [2.45, 2.75) is 12.5 Å². The molecule has 4 rings (SSSR count). The van der Waals surface area contributed by atoms with E-state index in [-0.39, 0.29) is 36.5 Å². The second-order valence-corrected chi connectivity index (χ2v) is 8.16. The molecular weight excluding hydrogens is 467 g/mol. The topological polar surface area (TPSA) is 112 Å². The van der Waals surface area contributed by atoms with Crippen molar-refractivity contribution < 1.29 is 14.4 Å². The Balaban J connectivity index is 1.57. The number of anilines is 1. The Kier molecular flexibility index (Phi) is 6.40. The highest BCUT2D eigenvalue weighted by molar-refractivity contribution is 6.31. The molecule has 11 heteroatoms. The average Bonchev–Trinajstić information content (AvgIpc) is 3.25. The molecule has 33 heavy (non-hydrogen) atoms. The van der Waals surface area contributed by atoms with Gasteiger partial charge in [0, 0.05) is 5.02 Å². The van der Waals surface area contributed by atoms with Crippen LogP contribution in [0.15, 0.2) is 48.7 Å². The number of benzene rings is 2. The lowest BCUT2D eigenvalue weighted by Gasteiger charge is -2.37. The van der Waals surface area contributed by atoms with E-state index in [0.29, 0.717) is 28.2 Å². The minimum atomic E-state index is -0.815. The molecule has 0 radical (unpaired) electrons. The summed E-state index contributed by atoms with van der Waals surface area (Å²) in [5, 5.41) is 17.1. The van der Waals surface area contributed by atoms with Crippen molar-refractivity contribution >= 4 is 47.0 Å². The lowest BCUT2D eigenvalue weighted by molar-refractivity contribution is -0.142. The van der Waals surface area contributed by atoms with Gasteiger partial charge in [-0.05, 0) is 42.3 Å². The molecule has 0 spiro atoms. The molecule has 0 N–H and O–H groups in total. The van der Waals surface area contributed by atoms with Gasteiger partial charge in [0.1, 0.15) is 19.4 Å². The number of hydrogen-bond donors (Lipinski definition) is 0. The van der Waals surface area contributed by atoms with Crippen molar-refractivity contribution in [2.75, 3.05) is 18.0 Å². The molecule has 2 aromatic carbocycles. The predicted molar refractivity (Wildman–Crippen MR) is 120 cm³/mol. The summed E-state index contributed by atoms with van der Waals surface area (Å²) in [6.45, 7) is -0.547. The van der Waals surface area contributed by atoms with Gasteiger partial charge in [-0.3, -0.25) is 14.5 Å². The first-order valence-electron chi connectivity index (χ1n) is 9.81. The van der Waals surface area contributed by atoms with Crippen LogP contribution >= 0.6 is 23.2 Å². The summed E-state index contributed by atoms with van der Waals surface area (Å²) in [4.78, 5) is 40.4. The van der Waals surface area contributed by atoms with Crippen LogP contribution in [-0.4, -0.2) is 57.1 Å². The van der Waals surface area contributed by atoms with Crippen LogP contribution < -0.4 is 4.90 Å². The molecule has 1 unspecified atom stereocenters. The fourth-order valence-electron chi connectivity index (χ4n) is 3.61. The third-order valence-corrected chi connectivity index (χ3v) is 5.65. The molecule has 1 aromatic heterocycles. The summed E-state index contributed by atoms with van der Waals surface area (Å²) in [5.41, 5.74) is 2.11. The van der Waals surface area contributed by atoms with E-state index in [4.69, 9.17) is 28.5 Å². The maximum absolute atomic E-state index is 13.1. The van der Waals surface area contributed by atoms with Gasteiger partial charge in [0.05, 0.1) is 35.2 Å². The maximum Gasteiger partial charge on any atom is 0.247 e. The molecule has 0 bridgehead atoms. The van der Waals surface area contributed by atoms with E-state index >= 15 is 0 Å². The van der Waals surface area contributed by atoms with Crippen molar-refractivity contribution in [1.82, 2.24) is 19.9 Å². The van der Waals surface area contributed by atoms with Gasteiger partial charge in [-0.15, -0.1) is 5.10 Å². The third kappa shape index (κ3) is 4.72. The van der Waals surface area contributed by atoms with Gasteiger partial charge in [-0.1, -0.05) is 40.5 Å². The van der Waals surface area contributed by atoms with Gasteiger partial charge in [0.2, 0.25) is 11.8 Å². The Labute approximate surface area is 198 Å². The number of rotatable bonds is 6. The van der Waals surface area contributed by atoms with Crippen LogP contribution in [0, 0.1) is 11.3 Å². The highest BCUT2D eigenvalue weighted by Crippen LogP contribution is 2.30. The molecule has 9 nitrogen and oxygen atoms in total. The molecule has 1 fully saturated rings. The van der Waals surface area contributed by atoms with Crippen molar-refractivity contribution in [1.29, 1.82) is 5.26 Å². The maximum atomic E-state index is 13.1. The number of piperazine rings is 1. The van der Waals surface area contributed by atoms with E-state index in [9.17, 15) is 14.4 Å². The molecule has 0 saturated carbocycles. The summed E-state index contributed by atoms with van der Waals surface area (Å²) in [5.74, 6) is -0.765. The van der Waals surface area contributed by atoms with Crippen molar-refractivity contribution in [3.8, 4) is 11.8 Å².